The van der Waals surface area contributed by atoms with E-state index < -0.39 is 25.6 Å². The number of hydrogen-bond donors (Lipinski definition) is 1. The van der Waals surface area contributed by atoms with Crippen molar-refractivity contribution >= 4 is 49.8 Å². The van der Waals surface area contributed by atoms with Crippen LogP contribution in [0.15, 0.2) is 83.8 Å². The number of carbonyl (C=O) groups excluding carboxylic acids is 1. The molecule has 1 heterocycles. The summed E-state index contributed by atoms with van der Waals surface area (Å²) >= 11 is 1.02. The molecule has 0 aliphatic rings. The first-order chi connectivity index (χ1) is 17.8. The molecule has 3 aromatic carbocycles. The normalized spacial score (nSPS) is 11.4. The first-order valence-corrected chi connectivity index (χ1v) is 12.6. The number of hydrogen-bond acceptors (Lipinski definition) is 10. The maximum atomic E-state index is 12.6. The molecule has 4 rings (SSSR count). The van der Waals surface area contributed by atoms with Gasteiger partial charge in [0.15, 0.2) is 9.90 Å². The maximum Gasteiger partial charge on any atom is 0.346 e. The van der Waals surface area contributed by atoms with E-state index in [-0.39, 0.29) is 27.4 Å². The van der Waals surface area contributed by atoms with Gasteiger partial charge in [-0.3, -0.25) is 20.2 Å². The lowest BCUT2D eigenvalue weighted by molar-refractivity contribution is -0.387. The van der Waals surface area contributed by atoms with Gasteiger partial charge in [0.1, 0.15) is 11.8 Å². The zero-order valence-corrected chi connectivity index (χ0v) is 20.3. The molecule has 0 saturated heterocycles. The van der Waals surface area contributed by atoms with Crippen LogP contribution in [0.4, 0.5) is 10.8 Å². The van der Waals surface area contributed by atoms with Crippen LogP contribution in [0.25, 0.3) is 11.6 Å². The summed E-state index contributed by atoms with van der Waals surface area (Å²) in [5.41, 5.74) is 0.537. The van der Waals surface area contributed by atoms with E-state index in [2.05, 4.69) is 15.5 Å². The predicted molar refractivity (Wildman–Crippen MR) is 135 cm³/mol. The van der Waals surface area contributed by atoms with E-state index in [1.807, 2.05) is 6.07 Å². The number of carbonyl (C=O) groups is 1. The summed E-state index contributed by atoms with van der Waals surface area (Å²) in [7, 11) is -4.46. The molecule has 0 fully saturated rings. The van der Waals surface area contributed by atoms with Crippen LogP contribution in [0.5, 0.6) is 5.75 Å². The minimum absolute atomic E-state index is 0.0735. The van der Waals surface area contributed by atoms with Crippen molar-refractivity contribution in [1.29, 1.82) is 5.26 Å². The zero-order chi connectivity index (χ0) is 26.4. The number of nitrogens with zero attached hydrogens (tertiary/aromatic N) is 4. The summed E-state index contributed by atoms with van der Waals surface area (Å²) in [4.78, 5) is 22.1. The van der Waals surface area contributed by atoms with Crippen LogP contribution in [0, 0.1) is 21.4 Å². The predicted octanol–water partition coefficient (Wildman–Crippen LogP) is 4.53. The third-order valence-electron chi connectivity index (χ3n) is 4.76. The fourth-order valence-electron chi connectivity index (χ4n) is 3.06. The van der Waals surface area contributed by atoms with Gasteiger partial charge >= 0.3 is 10.1 Å². The second-order valence-electron chi connectivity index (χ2n) is 7.23. The fourth-order valence-corrected chi connectivity index (χ4v) is 4.86. The summed E-state index contributed by atoms with van der Waals surface area (Å²) in [5, 5.41) is 31.7. The third-order valence-corrected chi connectivity index (χ3v) is 6.93. The summed E-state index contributed by atoms with van der Waals surface area (Å²) in [6.45, 7) is 0. The Labute approximate surface area is 214 Å². The average Bonchev–Trinajstić information content (AvgIpc) is 3.36. The Bertz CT molecular complexity index is 1640. The molecule has 4 aromatic rings. The number of amides is 1. The summed E-state index contributed by atoms with van der Waals surface area (Å²) in [6.07, 6.45) is 1.50. The van der Waals surface area contributed by atoms with E-state index in [1.165, 1.54) is 42.5 Å². The molecule has 1 N–H and O–H groups in total. The van der Waals surface area contributed by atoms with Crippen LogP contribution in [0.2, 0.25) is 0 Å². The van der Waals surface area contributed by atoms with Crippen LogP contribution < -0.4 is 9.50 Å². The second kappa shape index (κ2) is 10.8. The van der Waals surface area contributed by atoms with Crippen LogP contribution in [0.1, 0.15) is 20.9 Å². The van der Waals surface area contributed by atoms with Gasteiger partial charge in [-0.2, -0.15) is 13.7 Å². The molecule has 0 radical (unpaired) electrons. The van der Waals surface area contributed by atoms with Gasteiger partial charge in [0.05, 0.1) is 10.5 Å². The van der Waals surface area contributed by atoms with Crippen molar-refractivity contribution in [1.82, 2.24) is 10.2 Å². The van der Waals surface area contributed by atoms with E-state index in [0.29, 0.717) is 11.1 Å². The summed E-state index contributed by atoms with van der Waals surface area (Å²) in [5.74, 6) is -0.437. The molecule has 0 atom stereocenters. The Morgan fingerprint density at radius 2 is 1.70 bits per heavy atom. The number of nitro groups is 1. The van der Waals surface area contributed by atoms with Gasteiger partial charge in [0, 0.05) is 11.6 Å². The molecule has 1 aromatic heterocycles. The zero-order valence-electron chi connectivity index (χ0n) is 18.6. The molecule has 0 aliphatic carbocycles. The SMILES string of the molecule is N#C/C(=C\c1ccc(OS(=O)(=O)c2ccccc2[N+](=O)[O-])cc1)c1nnc(NC(=O)c2ccccc2)s1. The first kappa shape index (κ1) is 25.2. The minimum atomic E-state index is -4.46. The maximum absolute atomic E-state index is 12.6. The van der Waals surface area contributed by atoms with Crippen LogP contribution in [0.3, 0.4) is 0 Å². The summed E-state index contributed by atoms with van der Waals surface area (Å²) in [6, 6.07) is 21.1. The third kappa shape index (κ3) is 6.01. The Kier molecular flexibility index (Phi) is 7.33. The van der Waals surface area contributed by atoms with Crippen molar-refractivity contribution in [2.24, 2.45) is 0 Å². The van der Waals surface area contributed by atoms with Crippen molar-refractivity contribution in [3.63, 3.8) is 0 Å². The van der Waals surface area contributed by atoms with Gasteiger partial charge in [-0.15, -0.1) is 10.2 Å². The summed E-state index contributed by atoms with van der Waals surface area (Å²) < 4.78 is 30.2. The molecule has 0 saturated carbocycles. The van der Waals surface area contributed by atoms with Gasteiger partial charge in [-0.1, -0.05) is 53.8 Å². The van der Waals surface area contributed by atoms with E-state index in [1.54, 1.807) is 30.3 Å². The number of rotatable bonds is 8. The van der Waals surface area contributed by atoms with Crippen molar-refractivity contribution in [2.45, 2.75) is 4.90 Å². The Morgan fingerprint density at radius 1 is 1.03 bits per heavy atom. The number of aromatic nitrogens is 2. The van der Waals surface area contributed by atoms with Crippen molar-refractivity contribution in [3.8, 4) is 11.8 Å². The number of nitro benzene ring substituents is 1. The molecule has 1 amide bonds. The molecule has 37 heavy (non-hydrogen) atoms. The Balaban J connectivity index is 1.49. The molecular formula is C24H15N5O6S2. The van der Waals surface area contributed by atoms with Crippen molar-refractivity contribution in [3.05, 3.63) is 105 Å². The van der Waals surface area contributed by atoms with E-state index in [0.717, 1.165) is 23.5 Å². The van der Waals surface area contributed by atoms with Crippen LogP contribution in [-0.2, 0) is 10.1 Å². The molecule has 184 valence electrons. The molecule has 0 bridgehead atoms. The van der Waals surface area contributed by atoms with E-state index in [4.69, 9.17) is 4.18 Å². The number of para-hydroxylation sites is 1. The highest BCUT2D eigenvalue weighted by Gasteiger charge is 2.27. The molecule has 0 unspecified atom stereocenters. The van der Waals surface area contributed by atoms with E-state index >= 15 is 0 Å². The number of nitrogens with one attached hydrogen (secondary N) is 1. The lowest BCUT2D eigenvalue weighted by atomic mass is 10.1. The quantitative estimate of drug-likeness (QED) is 0.148. The monoisotopic (exact) mass is 533 g/mol. The number of allylic oxidation sites excluding steroid dienone is 1. The largest absolute Gasteiger partial charge is 0.379 e. The minimum Gasteiger partial charge on any atom is -0.379 e. The highest BCUT2D eigenvalue weighted by molar-refractivity contribution is 7.87. The van der Waals surface area contributed by atoms with Gasteiger partial charge in [-0.05, 0) is 42.0 Å². The number of nitriles is 1. The highest BCUT2D eigenvalue weighted by atomic mass is 32.2. The standard InChI is InChI=1S/C24H15N5O6S2/c25-15-18(23-27-28-24(36-23)26-22(30)17-6-2-1-3-7-17)14-16-10-12-19(13-11-16)35-37(33,34)21-9-5-4-8-20(21)29(31)32/h1-14H,(H,26,28,30)/b18-14+. The molecular weight excluding hydrogens is 518 g/mol. The Morgan fingerprint density at radius 3 is 2.38 bits per heavy atom. The lowest BCUT2D eigenvalue weighted by Gasteiger charge is -2.07. The van der Waals surface area contributed by atoms with Gasteiger partial charge in [0.2, 0.25) is 5.13 Å². The highest BCUT2D eigenvalue weighted by Crippen LogP contribution is 2.28. The number of anilines is 1. The van der Waals surface area contributed by atoms with Gasteiger partial charge < -0.3 is 4.18 Å². The van der Waals surface area contributed by atoms with Crippen molar-refractivity contribution in [2.75, 3.05) is 5.32 Å². The second-order valence-corrected chi connectivity index (χ2v) is 9.73. The molecule has 0 spiro atoms. The lowest BCUT2D eigenvalue weighted by Crippen LogP contribution is -2.11. The smallest absolute Gasteiger partial charge is 0.346 e. The van der Waals surface area contributed by atoms with Gasteiger partial charge in [-0.25, -0.2) is 0 Å². The van der Waals surface area contributed by atoms with Gasteiger partial charge in [0.25, 0.3) is 11.6 Å². The average molecular weight is 534 g/mol. The van der Waals surface area contributed by atoms with Crippen LogP contribution in [-0.4, -0.2) is 29.4 Å². The first-order valence-electron chi connectivity index (χ1n) is 10.4. The molecule has 0 aliphatic heterocycles. The van der Waals surface area contributed by atoms with Crippen molar-refractivity contribution < 1.29 is 22.3 Å². The van der Waals surface area contributed by atoms with Crippen LogP contribution >= 0.6 is 11.3 Å². The number of benzene rings is 3. The molecule has 11 nitrogen and oxygen atoms in total. The topological polar surface area (TPSA) is 165 Å². The fraction of sp³-hybridized carbons (Fsp3) is 0. The molecule has 13 heteroatoms. The van der Waals surface area contributed by atoms with E-state index in [9.17, 15) is 28.6 Å². The Hall–Kier alpha value is -4.93.